The summed E-state index contributed by atoms with van der Waals surface area (Å²) in [6, 6.07) is 8.81. The van der Waals surface area contributed by atoms with Crippen LogP contribution in [0.5, 0.6) is 0 Å². The lowest BCUT2D eigenvalue weighted by Crippen LogP contribution is -2.39. The first kappa shape index (κ1) is 14.4. The molecule has 1 aliphatic rings. The third-order valence-corrected chi connectivity index (χ3v) is 3.62. The third kappa shape index (κ3) is 4.22. The molecule has 3 nitrogen and oxygen atoms in total. The van der Waals surface area contributed by atoms with Crippen LogP contribution in [0.15, 0.2) is 24.3 Å². The molecule has 1 unspecified atom stereocenters. The molecule has 1 aromatic rings. The van der Waals surface area contributed by atoms with Gasteiger partial charge in [0.1, 0.15) is 0 Å². The molecule has 0 radical (unpaired) electrons. The van der Waals surface area contributed by atoms with Crippen LogP contribution in [-0.2, 0) is 11.2 Å². The molecule has 106 valence electrons. The Labute approximate surface area is 116 Å². The number of anilines is 1. The fourth-order valence-electron chi connectivity index (χ4n) is 2.75. The Morgan fingerprint density at radius 2 is 2.16 bits per heavy atom. The lowest BCUT2D eigenvalue weighted by molar-refractivity contribution is 0.149. The maximum atomic E-state index is 5.32. The highest BCUT2D eigenvalue weighted by molar-refractivity contribution is 5.55. The lowest BCUT2D eigenvalue weighted by Gasteiger charge is -2.35. The predicted molar refractivity (Wildman–Crippen MR) is 80.9 cm³/mol. The van der Waals surface area contributed by atoms with Crippen LogP contribution in [0.1, 0.15) is 19.4 Å². The average molecular weight is 262 g/mol. The van der Waals surface area contributed by atoms with E-state index in [1.165, 1.54) is 24.2 Å². The molecule has 0 saturated carbocycles. The topological polar surface area (TPSA) is 24.5 Å². The summed E-state index contributed by atoms with van der Waals surface area (Å²) in [7, 11) is 0. The SMILES string of the molecule is CCOCCNCCN1CC(C)Cc2ccccc21. The zero-order valence-corrected chi connectivity index (χ0v) is 12.2. The number of para-hydroxylation sites is 1. The summed E-state index contributed by atoms with van der Waals surface area (Å²) in [5, 5.41) is 3.45. The second kappa shape index (κ2) is 7.51. The number of ether oxygens (including phenoxy) is 1. The van der Waals surface area contributed by atoms with E-state index in [1.807, 2.05) is 6.92 Å². The molecule has 19 heavy (non-hydrogen) atoms. The molecule has 0 aromatic heterocycles. The first-order valence-electron chi connectivity index (χ1n) is 7.42. The van der Waals surface area contributed by atoms with Crippen molar-refractivity contribution >= 4 is 5.69 Å². The zero-order chi connectivity index (χ0) is 13.5. The standard InChI is InChI=1S/C16H26N2O/c1-3-19-11-9-17-8-10-18-13-14(2)12-15-6-4-5-7-16(15)18/h4-7,14,17H,3,8-13H2,1-2H3. The summed E-state index contributed by atoms with van der Waals surface area (Å²) >= 11 is 0. The first-order valence-corrected chi connectivity index (χ1v) is 7.42. The summed E-state index contributed by atoms with van der Waals surface area (Å²) in [4.78, 5) is 2.51. The van der Waals surface area contributed by atoms with Crippen molar-refractivity contribution in [1.82, 2.24) is 5.32 Å². The second-order valence-corrected chi connectivity index (χ2v) is 5.33. The minimum atomic E-state index is 0.748. The van der Waals surface area contributed by atoms with Crippen molar-refractivity contribution < 1.29 is 4.74 Å². The van der Waals surface area contributed by atoms with Gasteiger partial charge in [0.15, 0.2) is 0 Å². The van der Waals surface area contributed by atoms with Crippen LogP contribution in [0, 0.1) is 5.92 Å². The molecule has 2 rings (SSSR count). The van der Waals surface area contributed by atoms with E-state index in [0.29, 0.717) is 0 Å². The maximum absolute atomic E-state index is 5.32. The van der Waals surface area contributed by atoms with Gasteiger partial charge in [0.2, 0.25) is 0 Å². The molecular weight excluding hydrogens is 236 g/mol. The molecule has 1 heterocycles. The van der Waals surface area contributed by atoms with Gasteiger partial charge in [-0.1, -0.05) is 25.1 Å². The van der Waals surface area contributed by atoms with Crippen molar-refractivity contribution in [3.63, 3.8) is 0 Å². The van der Waals surface area contributed by atoms with E-state index in [0.717, 1.165) is 38.8 Å². The van der Waals surface area contributed by atoms with Gasteiger partial charge in [0.25, 0.3) is 0 Å². The number of benzene rings is 1. The highest BCUT2D eigenvalue weighted by Gasteiger charge is 2.20. The number of hydrogen-bond acceptors (Lipinski definition) is 3. The fourth-order valence-corrected chi connectivity index (χ4v) is 2.75. The molecule has 0 amide bonds. The molecular formula is C16H26N2O. The van der Waals surface area contributed by atoms with Crippen LogP contribution < -0.4 is 10.2 Å². The van der Waals surface area contributed by atoms with Crippen LogP contribution in [0.25, 0.3) is 0 Å². The number of rotatable bonds is 7. The van der Waals surface area contributed by atoms with E-state index < -0.39 is 0 Å². The van der Waals surface area contributed by atoms with Crippen molar-refractivity contribution in [2.24, 2.45) is 5.92 Å². The molecule has 1 aliphatic heterocycles. The summed E-state index contributed by atoms with van der Waals surface area (Å²) in [5.74, 6) is 0.748. The molecule has 0 saturated heterocycles. The lowest BCUT2D eigenvalue weighted by atomic mass is 9.94. The molecule has 0 aliphatic carbocycles. The molecule has 1 atom stereocenters. The predicted octanol–water partition coefficient (Wildman–Crippen LogP) is 2.31. The van der Waals surface area contributed by atoms with Crippen molar-refractivity contribution in [3.8, 4) is 0 Å². The Balaban J connectivity index is 1.80. The molecule has 3 heteroatoms. The van der Waals surface area contributed by atoms with Gasteiger partial charge in [-0.15, -0.1) is 0 Å². The zero-order valence-electron chi connectivity index (χ0n) is 12.2. The Hall–Kier alpha value is -1.06. The van der Waals surface area contributed by atoms with E-state index in [9.17, 15) is 0 Å². The van der Waals surface area contributed by atoms with E-state index in [2.05, 4.69) is 41.4 Å². The summed E-state index contributed by atoms with van der Waals surface area (Å²) in [6.07, 6.45) is 1.21. The van der Waals surface area contributed by atoms with Gasteiger partial charge in [-0.3, -0.25) is 0 Å². The van der Waals surface area contributed by atoms with Crippen molar-refractivity contribution in [2.45, 2.75) is 20.3 Å². The Morgan fingerprint density at radius 1 is 1.32 bits per heavy atom. The van der Waals surface area contributed by atoms with Crippen LogP contribution >= 0.6 is 0 Å². The summed E-state index contributed by atoms with van der Waals surface area (Å²) in [6.45, 7) is 10.2. The van der Waals surface area contributed by atoms with Gasteiger partial charge in [-0.25, -0.2) is 0 Å². The number of nitrogens with zero attached hydrogens (tertiary/aromatic N) is 1. The first-order chi connectivity index (χ1) is 9.31. The van der Waals surface area contributed by atoms with Gasteiger partial charge in [-0.05, 0) is 30.9 Å². The molecule has 0 fully saturated rings. The van der Waals surface area contributed by atoms with Crippen LogP contribution in [0.2, 0.25) is 0 Å². The van der Waals surface area contributed by atoms with E-state index in [1.54, 1.807) is 0 Å². The largest absolute Gasteiger partial charge is 0.380 e. The van der Waals surface area contributed by atoms with Crippen molar-refractivity contribution in [2.75, 3.05) is 44.3 Å². The summed E-state index contributed by atoms with van der Waals surface area (Å²) < 4.78 is 5.32. The smallest absolute Gasteiger partial charge is 0.0590 e. The molecule has 1 aromatic carbocycles. The molecule has 1 N–H and O–H groups in total. The van der Waals surface area contributed by atoms with Crippen LogP contribution in [0.3, 0.4) is 0 Å². The van der Waals surface area contributed by atoms with Gasteiger partial charge < -0.3 is 15.0 Å². The molecule has 0 spiro atoms. The van der Waals surface area contributed by atoms with Gasteiger partial charge >= 0.3 is 0 Å². The monoisotopic (exact) mass is 262 g/mol. The number of hydrogen-bond donors (Lipinski definition) is 1. The van der Waals surface area contributed by atoms with Crippen molar-refractivity contribution in [1.29, 1.82) is 0 Å². The average Bonchev–Trinajstić information content (AvgIpc) is 2.42. The van der Waals surface area contributed by atoms with Gasteiger partial charge in [0.05, 0.1) is 6.61 Å². The van der Waals surface area contributed by atoms with E-state index in [4.69, 9.17) is 4.74 Å². The normalized spacial score (nSPS) is 18.4. The highest BCUT2D eigenvalue weighted by atomic mass is 16.5. The minimum Gasteiger partial charge on any atom is -0.380 e. The Morgan fingerprint density at radius 3 is 3.00 bits per heavy atom. The van der Waals surface area contributed by atoms with Crippen LogP contribution in [-0.4, -0.2) is 39.4 Å². The quantitative estimate of drug-likeness (QED) is 0.763. The Kier molecular flexibility index (Phi) is 5.67. The third-order valence-electron chi connectivity index (χ3n) is 3.62. The van der Waals surface area contributed by atoms with Gasteiger partial charge in [-0.2, -0.15) is 0 Å². The van der Waals surface area contributed by atoms with Gasteiger partial charge in [0, 0.05) is 38.5 Å². The van der Waals surface area contributed by atoms with Crippen LogP contribution in [0.4, 0.5) is 5.69 Å². The highest BCUT2D eigenvalue weighted by Crippen LogP contribution is 2.28. The van der Waals surface area contributed by atoms with E-state index in [-0.39, 0.29) is 0 Å². The Bertz CT molecular complexity index is 381. The van der Waals surface area contributed by atoms with Crippen molar-refractivity contribution in [3.05, 3.63) is 29.8 Å². The number of nitrogens with one attached hydrogen (secondary N) is 1. The molecule has 0 bridgehead atoms. The maximum Gasteiger partial charge on any atom is 0.0590 e. The fraction of sp³-hybridized carbons (Fsp3) is 0.625. The number of fused-ring (bicyclic) bond motifs is 1. The summed E-state index contributed by atoms with van der Waals surface area (Å²) in [5.41, 5.74) is 2.92. The van der Waals surface area contributed by atoms with E-state index >= 15 is 0 Å². The second-order valence-electron chi connectivity index (χ2n) is 5.33. The minimum absolute atomic E-state index is 0.748.